The third-order valence-electron chi connectivity index (χ3n) is 2.46. The van der Waals surface area contributed by atoms with Crippen molar-refractivity contribution in [3.63, 3.8) is 0 Å². The maximum Gasteiger partial charge on any atom is 0.129 e. The Labute approximate surface area is 110 Å². The highest BCUT2D eigenvalue weighted by Gasteiger charge is 2.07. The van der Waals surface area contributed by atoms with E-state index in [1.807, 2.05) is 18.2 Å². The highest BCUT2D eigenvalue weighted by molar-refractivity contribution is 7.19. The summed E-state index contributed by atoms with van der Waals surface area (Å²) in [6, 6.07) is 5.76. The van der Waals surface area contributed by atoms with E-state index in [-0.39, 0.29) is 0 Å². The zero-order valence-electron chi connectivity index (χ0n) is 9.56. The first kappa shape index (κ1) is 12.5. The largest absolute Gasteiger partial charge is 0.330 e. The standard InChI is InChI=1S/C12H14ClN3S/c1-8(7-14)6-12-15-5-4-9(16-12)10-2-3-11(13)17-10/h2-5,8H,6-7,14H2,1H3. The summed E-state index contributed by atoms with van der Waals surface area (Å²) in [6.45, 7) is 2.75. The van der Waals surface area contributed by atoms with Gasteiger partial charge in [0.1, 0.15) is 5.82 Å². The van der Waals surface area contributed by atoms with Crippen LogP contribution in [0.1, 0.15) is 12.7 Å². The fraction of sp³-hybridized carbons (Fsp3) is 0.333. The smallest absolute Gasteiger partial charge is 0.129 e. The first-order valence-electron chi connectivity index (χ1n) is 5.46. The molecule has 2 heterocycles. The summed E-state index contributed by atoms with van der Waals surface area (Å²) < 4.78 is 0.774. The van der Waals surface area contributed by atoms with Crippen molar-refractivity contribution in [1.82, 2.24) is 9.97 Å². The van der Waals surface area contributed by atoms with E-state index in [0.29, 0.717) is 12.5 Å². The van der Waals surface area contributed by atoms with Crippen LogP contribution in [0.2, 0.25) is 4.34 Å². The minimum atomic E-state index is 0.400. The van der Waals surface area contributed by atoms with Crippen LogP contribution in [-0.2, 0) is 6.42 Å². The fourth-order valence-electron chi connectivity index (χ4n) is 1.48. The third kappa shape index (κ3) is 3.25. The van der Waals surface area contributed by atoms with Crippen LogP contribution in [0.4, 0.5) is 0 Å². The van der Waals surface area contributed by atoms with Gasteiger partial charge in [-0.15, -0.1) is 11.3 Å². The molecule has 1 unspecified atom stereocenters. The van der Waals surface area contributed by atoms with E-state index in [9.17, 15) is 0 Å². The van der Waals surface area contributed by atoms with Crippen LogP contribution in [-0.4, -0.2) is 16.5 Å². The predicted octanol–water partition coefficient (Wildman–Crippen LogP) is 3.00. The Morgan fingerprint density at radius 1 is 1.41 bits per heavy atom. The summed E-state index contributed by atoms with van der Waals surface area (Å²) in [5.41, 5.74) is 6.53. The van der Waals surface area contributed by atoms with E-state index >= 15 is 0 Å². The van der Waals surface area contributed by atoms with Crippen molar-refractivity contribution >= 4 is 22.9 Å². The second-order valence-corrected chi connectivity index (χ2v) is 5.72. The quantitative estimate of drug-likeness (QED) is 0.927. The molecule has 0 aliphatic rings. The minimum Gasteiger partial charge on any atom is -0.330 e. The Morgan fingerprint density at radius 3 is 2.88 bits per heavy atom. The first-order valence-corrected chi connectivity index (χ1v) is 6.66. The molecule has 2 aromatic rings. The van der Waals surface area contributed by atoms with Gasteiger partial charge in [-0.1, -0.05) is 18.5 Å². The second kappa shape index (κ2) is 5.58. The van der Waals surface area contributed by atoms with E-state index < -0.39 is 0 Å². The first-order chi connectivity index (χ1) is 8.19. The van der Waals surface area contributed by atoms with Crippen LogP contribution in [0.5, 0.6) is 0 Å². The normalized spacial score (nSPS) is 12.6. The van der Waals surface area contributed by atoms with Crippen LogP contribution in [0, 0.1) is 5.92 Å². The van der Waals surface area contributed by atoms with Gasteiger partial charge in [-0.3, -0.25) is 0 Å². The number of hydrogen-bond donors (Lipinski definition) is 1. The van der Waals surface area contributed by atoms with Gasteiger partial charge >= 0.3 is 0 Å². The van der Waals surface area contributed by atoms with Crippen molar-refractivity contribution in [2.24, 2.45) is 11.7 Å². The lowest BCUT2D eigenvalue weighted by atomic mass is 10.1. The number of rotatable bonds is 4. The number of nitrogens with two attached hydrogens (primary N) is 1. The van der Waals surface area contributed by atoms with E-state index in [1.54, 1.807) is 6.20 Å². The topological polar surface area (TPSA) is 51.8 Å². The van der Waals surface area contributed by atoms with Gasteiger partial charge in [-0.05, 0) is 30.7 Å². The monoisotopic (exact) mass is 267 g/mol. The molecular weight excluding hydrogens is 254 g/mol. The molecule has 0 saturated carbocycles. The molecule has 0 aliphatic carbocycles. The molecule has 0 amide bonds. The van der Waals surface area contributed by atoms with Gasteiger partial charge in [-0.2, -0.15) is 0 Å². The Morgan fingerprint density at radius 2 is 2.24 bits per heavy atom. The Kier molecular flexibility index (Phi) is 4.10. The third-order valence-corrected chi connectivity index (χ3v) is 3.72. The van der Waals surface area contributed by atoms with Crippen molar-refractivity contribution in [2.75, 3.05) is 6.54 Å². The minimum absolute atomic E-state index is 0.400. The number of nitrogens with zero attached hydrogens (tertiary/aromatic N) is 2. The van der Waals surface area contributed by atoms with Crippen LogP contribution in [0.15, 0.2) is 24.4 Å². The summed E-state index contributed by atoms with van der Waals surface area (Å²) in [4.78, 5) is 9.86. The molecule has 0 bridgehead atoms. The highest BCUT2D eigenvalue weighted by Crippen LogP contribution is 2.29. The molecule has 0 aromatic carbocycles. The molecule has 2 aromatic heterocycles. The lowest BCUT2D eigenvalue weighted by molar-refractivity contribution is 0.574. The van der Waals surface area contributed by atoms with Gasteiger partial charge in [-0.25, -0.2) is 9.97 Å². The summed E-state index contributed by atoms with van der Waals surface area (Å²) in [5, 5.41) is 0. The average Bonchev–Trinajstić information content (AvgIpc) is 2.76. The molecule has 90 valence electrons. The maximum atomic E-state index is 5.92. The molecule has 2 rings (SSSR count). The maximum absolute atomic E-state index is 5.92. The number of thiophene rings is 1. The highest BCUT2D eigenvalue weighted by atomic mass is 35.5. The predicted molar refractivity (Wildman–Crippen MR) is 72.3 cm³/mol. The van der Waals surface area contributed by atoms with Crippen LogP contribution >= 0.6 is 22.9 Å². The van der Waals surface area contributed by atoms with Crippen LogP contribution in [0.25, 0.3) is 10.6 Å². The van der Waals surface area contributed by atoms with E-state index in [1.165, 1.54) is 11.3 Å². The summed E-state index contributed by atoms with van der Waals surface area (Å²) in [7, 11) is 0. The molecular formula is C12H14ClN3S. The Bertz CT molecular complexity index is 498. The zero-order chi connectivity index (χ0) is 12.3. The van der Waals surface area contributed by atoms with Gasteiger partial charge in [0.2, 0.25) is 0 Å². The lowest BCUT2D eigenvalue weighted by Gasteiger charge is -2.07. The van der Waals surface area contributed by atoms with Gasteiger partial charge in [0.25, 0.3) is 0 Å². The Balaban J connectivity index is 2.22. The van der Waals surface area contributed by atoms with E-state index in [0.717, 1.165) is 27.2 Å². The van der Waals surface area contributed by atoms with Gasteiger partial charge < -0.3 is 5.73 Å². The lowest BCUT2D eigenvalue weighted by Crippen LogP contribution is -2.14. The van der Waals surface area contributed by atoms with Crippen LogP contribution < -0.4 is 5.73 Å². The van der Waals surface area contributed by atoms with E-state index in [2.05, 4.69) is 16.9 Å². The van der Waals surface area contributed by atoms with Gasteiger partial charge in [0, 0.05) is 12.6 Å². The number of aromatic nitrogens is 2. The number of halogens is 1. The molecule has 0 aliphatic heterocycles. The molecule has 1 atom stereocenters. The Hall–Kier alpha value is -0.970. The summed E-state index contributed by atoms with van der Waals surface area (Å²) >= 11 is 7.44. The van der Waals surface area contributed by atoms with E-state index in [4.69, 9.17) is 17.3 Å². The number of hydrogen-bond acceptors (Lipinski definition) is 4. The molecule has 2 N–H and O–H groups in total. The summed E-state index contributed by atoms with van der Waals surface area (Å²) in [5.74, 6) is 1.24. The van der Waals surface area contributed by atoms with Crippen molar-refractivity contribution in [3.8, 4) is 10.6 Å². The zero-order valence-corrected chi connectivity index (χ0v) is 11.1. The van der Waals surface area contributed by atoms with Crippen LogP contribution in [0.3, 0.4) is 0 Å². The molecule has 0 spiro atoms. The van der Waals surface area contributed by atoms with Crippen molar-refractivity contribution < 1.29 is 0 Å². The van der Waals surface area contributed by atoms with Crippen molar-refractivity contribution in [1.29, 1.82) is 0 Å². The molecule has 0 radical (unpaired) electrons. The molecule has 0 fully saturated rings. The van der Waals surface area contributed by atoms with Crippen molar-refractivity contribution in [2.45, 2.75) is 13.3 Å². The van der Waals surface area contributed by atoms with Gasteiger partial charge in [0.05, 0.1) is 14.9 Å². The second-order valence-electron chi connectivity index (χ2n) is 4.01. The molecule has 5 heteroatoms. The fourth-order valence-corrected chi connectivity index (χ4v) is 2.49. The van der Waals surface area contributed by atoms with Crippen molar-refractivity contribution in [3.05, 3.63) is 34.6 Å². The summed E-state index contributed by atoms with van der Waals surface area (Å²) in [6.07, 6.45) is 2.60. The molecule has 0 saturated heterocycles. The average molecular weight is 268 g/mol. The molecule has 3 nitrogen and oxygen atoms in total. The van der Waals surface area contributed by atoms with Gasteiger partial charge in [0.15, 0.2) is 0 Å². The molecule has 17 heavy (non-hydrogen) atoms. The SMILES string of the molecule is CC(CN)Cc1nccc(-c2ccc(Cl)s2)n1.